The lowest BCUT2D eigenvalue weighted by Crippen LogP contribution is -2.14. The van der Waals surface area contributed by atoms with E-state index in [0.29, 0.717) is 12.0 Å². The smallest absolute Gasteiger partial charge is 0.419 e. The summed E-state index contributed by atoms with van der Waals surface area (Å²) < 4.78 is 69.6. The highest BCUT2D eigenvalue weighted by molar-refractivity contribution is 5.92. The molecule has 0 spiro atoms. The number of fused-ring (bicyclic) bond motifs is 2. The highest BCUT2D eigenvalue weighted by atomic mass is 19.4. The third-order valence-electron chi connectivity index (χ3n) is 6.32. The van der Waals surface area contributed by atoms with Crippen LogP contribution in [-0.2, 0) is 26.1 Å². The van der Waals surface area contributed by atoms with Crippen LogP contribution in [0.2, 0.25) is 0 Å². The normalized spacial score (nSPS) is 13.8. The number of rotatable bonds is 3. The van der Waals surface area contributed by atoms with Crippen LogP contribution in [0.25, 0.3) is 22.3 Å². The van der Waals surface area contributed by atoms with E-state index in [-0.39, 0.29) is 16.7 Å². The molecule has 2 aromatic carbocycles. The van der Waals surface area contributed by atoms with Crippen LogP contribution < -0.4 is 4.90 Å². The van der Waals surface area contributed by atoms with E-state index >= 15 is 0 Å². The van der Waals surface area contributed by atoms with Gasteiger partial charge in [0.25, 0.3) is 0 Å². The second-order valence-electron chi connectivity index (χ2n) is 8.54. The maximum absolute atomic E-state index is 14.7. The van der Waals surface area contributed by atoms with Gasteiger partial charge >= 0.3 is 6.18 Å². The summed E-state index contributed by atoms with van der Waals surface area (Å²) >= 11 is 0. The van der Waals surface area contributed by atoms with Gasteiger partial charge in [0, 0.05) is 31.5 Å². The molecule has 0 saturated heterocycles. The molecule has 35 heavy (non-hydrogen) atoms. The molecular weight excluding hydrogens is 469 g/mol. The Morgan fingerprint density at radius 3 is 2.46 bits per heavy atom. The number of phenols is 1. The number of halogens is 5. The molecule has 2 aromatic heterocycles. The van der Waals surface area contributed by atoms with Crippen molar-refractivity contribution in [2.45, 2.75) is 31.9 Å². The number of anilines is 2. The minimum atomic E-state index is -5.14. The first-order chi connectivity index (χ1) is 16.6. The summed E-state index contributed by atoms with van der Waals surface area (Å²) in [6, 6.07) is 6.44. The summed E-state index contributed by atoms with van der Waals surface area (Å²) in [6.45, 7) is 0. The molecule has 11 heteroatoms. The van der Waals surface area contributed by atoms with Gasteiger partial charge in [0.1, 0.15) is 5.69 Å². The van der Waals surface area contributed by atoms with Gasteiger partial charge in [-0.3, -0.25) is 0 Å². The van der Waals surface area contributed by atoms with E-state index in [2.05, 4.69) is 27.2 Å². The highest BCUT2D eigenvalue weighted by Gasteiger charge is 2.38. The Labute approximate surface area is 196 Å². The molecule has 0 bridgehead atoms. The average molecular weight is 489 g/mol. The van der Waals surface area contributed by atoms with Crippen molar-refractivity contribution < 1.29 is 27.1 Å². The van der Waals surface area contributed by atoms with Crippen LogP contribution in [0.15, 0.2) is 30.5 Å². The number of aromatic nitrogens is 4. The fourth-order valence-electron chi connectivity index (χ4n) is 4.43. The first-order valence-corrected chi connectivity index (χ1v) is 10.9. The van der Waals surface area contributed by atoms with E-state index in [1.165, 1.54) is 35.5 Å². The first kappa shape index (κ1) is 23.0. The van der Waals surface area contributed by atoms with E-state index in [4.69, 9.17) is 0 Å². The molecule has 0 radical (unpaired) electrons. The van der Waals surface area contributed by atoms with E-state index in [9.17, 15) is 27.1 Å². The summed E-state index contributed by atoms with van der Waals surface area (Å²) in [4.78, 5) is 10.6. The van der Waals surface area contributed by atoms with Crippen LogP contribution >= 0.6 is 0 Å². The molecule has 0 aliphatic heterocycles. The molecule has 0 saturated carbocycles. The van der Waals surface area contributed by atoms with Crippen molar-refractivity contribution in [2.24, 2.45) is 7.05 Å². The van der Waals surface area contributed by atoms with Gasteiger partial charge in [-0.15, -0.1) is 0 Å². The molecule has 0 unspecified atom stereocenters. The van der Waals surface area contributed by atoms with Gasteiger partial charge in [-0.25, -0.2) is 18.4 Å². The number of nitrogens with zero attached hydrogens (tertiary/aromatic N) is 5. The monoisotopic (exact) mass is 489 g/mol. The molecule has 0 fully saturated rings. The number of aryl methyl sites for hydroxylation is 3. The van der Waals surface area contributed by atoms with Crippen molar-refractivity contribution in [3.8, 4) is 17.0 Å². The summed E-state index contributed by atoms with van der Waals surface area (Å²) in [5.74, 6) is -5.05. The van der Waals surface area contributed by atoms with Gasteiger partial charge in [-0.1, -0.05) is 6.07 Å². The van der Waals surface area contributed by atoms with Crippen LogP contribution in [0.4, 0.5) is 33.6 Å². The fourth-order valence-corrected chi connectivity index (χ4v) is 4.43. The van der Waals surface area contributed by atoms with Crippen LogP contribution in [0.5, 0.6) is 5.75 Å². The van der Waals surface area contributed by atoms with Crippen molar-refractivity contribution in [1.29, 1.82) is 0 Å². The van der Waals surface area contributed by atoms with Crippen LogP contribution in [0.1, 0.15) is 29.5 Å². The number of alkyl halides is 3. The second kappa shape index (κ2) is 8.17. The molecule has 1 aliphatic rings. The van der Waals surface area contributed by atoms with E-state index in [0.717, 1.165) is 24.9 Å². The van der Waals surface area contributed by atoms with Crippen LogP contribution in [-0.4, -0.2) is 31.9 Å². The zero-order chi connectivity index (χ0) is 25.1. The van der Waals surface area contributed by atoms with Gasteiger partial charge in [0.2, 0.25) is 5.95 Å². The van der Waals surface area contributed by atoms with Crippen molar-refractivity contribution in [1.82, 2.24) is 19.7 Å². The minimum Gasteiger partial charge on any atom is -0.503 e. The summed E-state index contributed by atoms with van der Waals surface area (Å²) in [5.41, 5.74) is 0.948. The van der Waals surface area contributed by atoms with Crippen molar-refractivity contribution in [3.05, 3.63) is 58.8 Å². The molecule has 1 N–H and O–H groups in total. The largest absolute Gasteiger partial charge is 0.503 e. The number of hydrogen-bond donors (Lipinski definition) is 1. The maximum atomic E-state index is 14.7. The molecule has 4 aromatic rings. The van der Waals surface area contributed by atoms with Crippen LogP contribution in [0, 0.1) is 11.6 Å². The van der Waals surface area contributed by atoms with Gasteiger partial charge in [0.05, 0.1) is 10.9 Å². The fraction of sp³-hybridized carbons (Fsp3) is 0.292. The Hall–Kier alpha value is -3.76. The van der Waals surface area contributed by atoms with Gasteiger partial charge in [-0.05, 0) is 55.0 Å². The molecule has 2 heterocycles. The Balaban J connectivity index is 1.59. The first-order valence-electron chi connectivity index (χ1n) is 10.9. The predicted molar refractivity (Wildman–Crippen MR) is 119 cm³/mol. The zero-order valence-corrected chi connectivity index (χ0v) is 18.8. The predicted octanol–water partition coefficient (Wildman–Crippen LogP) is 5.68. The standard InChI is InChI=1S/C24H20F5N5O/c1-33(14-8-7-12-5-3-4-6-13(12)9-14)23-30-11-16-20(32-34(2)22(16)31-23)15-10-17(24(27,28)29)19(26)21(35)18(15)25/h7-11,35H,3-6H2,1-2H3. The topological polar surface area (TPSA) is 67.1 Å². The Bertz CT molecular complexity index is 1460. The zero-order valence-electron chi connectivity index (χ0n) is 18.8. The summed E-state index contributed by atoms with van der Waals surface area (Å²) in [7, 11) is 3.28. The molecule has 0 amide bonds. The number of phenolic OH excluding ortho intramolecular Hbond substituents is 1. The molecule has 6 nitrogen and oxygen atoms in total. The minimum absolute atomic E-state index is 0.146. The van der Waals surface area contributed by atoms with Gasteiger partial charge in [-0.2, -0.15) is 23.3 Å². The van der Waals surface area contributed by atoms with Crippen LogP contribution in [0.3, 0.4) is 0 Å². The SMILES string of the molecule is CN(c1ccc2c(c1)CCCC2)c1ncc2c(-c3cc(C(F)(F)F)c(F)c(O)c3F)nn(C)c2n1. The van der Waals surface area contributed by atoms with E-state index in [1.54, 1.807) is 11.9 Å². The number of aromatic hydroxyl groups is 1. The molecule has 0 atom stereocenters. The molecular formula is C24H20F5N5O. The Morgan fingerprint density at radius 2 is 1.74 bits per heavy atom. The summed E-state index contributed by atoms with van der Waals surface area (Å²) in [5, 5.41) is 13.9. The third kappa shape index (κ3) is 3.84. The molecule has 182 valence electrons. The molecule has 5 rings (SSSR count). The highest BCUT2D eigenvalue weighted by Crippen LogP contribution is 2.41. The second-order valence-corrected chi connectivity index (χ2v) is 8.54. The van der Waals surface area contributed by atoms with E-state index < -0.39 is 34.7 Å². The Kier molecular flexibility index (Phi) is 5.37. The van der Waals surface area contributed by atoms with Gasteiger partial charge in [0.15, 0.2) is 23.0 Å². The van der Waals surface area contributed by atoms with E-state index in [1.807, 2.05) is 6.07 Å². The maximum Gasteiger partial charge on any atom is 0.419 e. The Morgan fingerprint density at radius 1 is 1.03 bits per heavy atom. The van der Waals surface area contributed by atoms with Crippen molar-refractivity contribution in [2.75, 3.05) is 11.9 Å². The number of hydrogen-bond acceptors (Lipinski definition) is 5. The van der Waals surface area contributed by atoms with Crippen molar-refractivity contribution >= 4 is 22.7 Å². The number of benzene rings is 2. The quantitative estimate of drug-likeness (QED) is 0.375. The lowest BCUT2D eigenvalue weighted by molar-refractivity contribution is -0.140. The average Bonchev–Trinajstić information content (AvgIpc) is 3.16. The lowest BCUT2D eigenvalue weighted by Gasteiger charge is -2.21. The molecule has 1 aliphatic carbocycles. The van der Waals surface area contributed by atoms with Crippen molar-refractivity contribution in [3.63, 3.8) is 0 Å². The van der Waals surface area contributed by atoms with Gasteiger partial charge < -0.3 is 10.0 Å². The lowest BCUT2D eigenvalue weighted by atomic mass is 9.91. The third-order valence-corrected chi connectivity index (χ3v) is 6.32. The summed E-state index contributed by atoms with van der Waals surface area (Å²) in [6.07, 6.45) is 0.522.